The van der Waals surface area contributed by atoms with Crippen molar-refractivity contribution in [2.75, 3.05) is 25.0 Å². The highest BCUT2D eigenvalue weighted by molar-refractivity contribution is 5.39. The van der Waals surface area contributed by atoms with Gasteiger partial charge in [0.25, 0.3) is 0 Å². The normalized spacial score (nSPS) is 24.4. The molecule has 0 unspecified atom stereocenters. The zero-order valence-electron chi connectivity index (χ0n) is 13.4. The molecule has 1 aromatic rings. The third-order valence-electron chi connectivity index (χ3n) is 5.04. The number of nitrogens with one attached hydrogen (secondary N) is 1. The molecule has 1 aliphatic heterocycles. The molecule has 1 saturated heterocycles. The Bertz CT molecular complexity index is 468. The van der Waals surface area contributed by atoms with E-state index in [2.05, 4.69) is 20.2 Å². The molecule has 2 fully saturated rings. The second kappa shape index (κ2) is 6.73. The van der Waals surface area contributed by atoms with Gasteiger partial charge in [0.2, 0.25) is 0 Å². The molecular weight excluding hydrogens is 260 g/mol. The number of aryl methyl sites for hydroxylation is 2. The average molecular weight is 288 g/mol. The Morgan fingerprint density at radius 3 is 2.81 bits per heavy atom. The second-order valence-corrected chi connectivity index (χ2v) is 6.77. The Kier molecular flexibility index (Phi) is 4.73. The van der Waals surface area contributed by atoms with Gasteiger partial charge in [0.05, 0.1) is 11.4 Å². The van der Waals surface area contributed by atoms with Crippen LogP contribution in [-0.4, -0.2) is 40.5 Å². The van der Waals surface area contributed by atoms with Gasteiger partial charge in [0.15, 0.2) is 0 Å². The molecule has 0 aromatic carbocycles. The molecule has 1 atom stereocenters. The lowest BCUT2D eigenvalue weighted by molar-refractivity contribution is 0.186. The number of hydrogen-bond donors (Lipinski definition) is 1. The van der Waals surface area contributed by atoms with Crippen LogP contribution in [0, 0.1) is 19.8 Å². The van der Waals surface area contributed by atoms with Gasteiger partial charge in [-0.2, -0.15) is 0 Å². The van der Waals surface area contributed by atoms with Crippen LogP contribution in [0.3, 0.4) is 0 Å². The van der Waals surface area contributed by atoms with Crippen molar-refractivity contribution in [1.29, 1.82) is 0 Å². The minimum Gasteiger partial charge on any atom is -0.368 e. The fourth-order valence-corrected chi connectivity index (χ4v) is 3.75. The van der Waals surface area contributed by atoms with Crippen molar-refractivity contribution in [3.63, 3.8) is 0 Å². The lowest BCUT2D eigenvalue weighted by Gasteiger charge is -2.31. The van der Waals surface area contributed by atoms with Gasteiger partial charge < -0.3 is 10.2 Å². The molecule has 3 rings (SSSR count). The molecule has 1 saturated carbocycles. The summed E-state index contributed by atoms with van der Waals surface area (Å²) in [7, 11) is 0. The van der Waals surface area contributed by atoms with Gasteiger partial charge in [-0.05, 0) is 45.6 Å². The van der Waals surface area contributed by atoms with Crippen molar-refractivity contribution in [1.82, 2.24) is 14.9 Å². The molecular formula is C17H28N4. The van der Waals surface area contributed by atoms with Crippen LogP contribution in [0.5, 0.6) is 0 Å². The topological polar surface area (TPSA) is 41.1 Å². The first-order valence-corrected chi connectivity index (χ1v) is 8.50. The van der Waals surface area contributed by atoms with E-state index in [4.69, 9.17) is 0 Å². The van der Waals surface area contributed by atoms with E-state index in [0.29, 0.717) is 0 Å². The van der Waals surface area contributed by atoms with Crippen LogP contribution >= 0.6 is 0 Å². The van der Waals surface area contributed by atoms with E-state index in [9.17, 15) is 0 Å². The maximum Gasteiger partial charge on any atom is 0.147 e. The highest BCUT2D eigenvalue weighted by Crippen LogP contribution is 2.27. The van der Waals surface area contributed by atoms with E-state index >= 15 is 0 Å². The number of nitrogens with zero attached hydrogens (tertiary/aromatic N) is 3. The SMILES string of the molecule is Cc1cnc(C)c(NC[C@@H]2CCN(C3CCCCC3)C2)n1. The molecule has 0 radical (unpaired) electrons. The minimum atomic E-state index is 0.758. The van der Waals surface area contributed by atoms with Crippen molar-refractivity contribution in [3.8, 4) is 0 Å². The molecule has 2 heterocycles. The Balaban J connectivity index is 1.49. The molecule has 0 amide bonds. The number of anilines is 1. The van der Waals surface area contributed by atoms with Gasteiger partial charge in [-0.25, -0.2) is 4.98 Å². The van der Waals surface area contributed by atoms with E-state index in [0.717, 1.165) is 35.7 Å². The lowest BCUT2D eigenvalue weighted by atomic mass is 9.94. The van der Waals surface area contributed by atoms with Crippen LogP contribution in [0.1, 0.15) is 49.9 Å². The zero-order valence-corrected chi connectivity index (χ0v) is 13.4. The summed E-state index contributed by atoms with van der Waals surface area (Å²) in [4.78, 5) is 11.7. The van der Waals surface area contributed by atoms with Crippen LogP contribution in [0.25, 0.3) is 0 Å². The number of hydrogen-bond acceptors (Lipinski definition) is 4. The van der Waals surface area contributed by atoms with Crippen LogP contribution in [0.4, 0.5) is 5.82 Å². The zero-order chi connectivity index (χ0) is 14.7. The smallest absolute Gasteiger partial charge is 0.147 e. The van der Waals surface area contributed by atoms with E-state index in [-0.39, 0.29) is 0 Å². The third-order valence-corrected chi connectivity index (χ3v) is 5.04. The number of likely N-dealkylation sites (tertiary alicyclic amines) is 1. The average Bonchev–Trinajstić information content (AvgIpc) is 2.98. The minimum absolute atomic E-state index is 0.758. The van der Waals surface area contributed by atoms with Crippen LogP contribution in [0.15, 0.2) is 6.20 Å². The Hall–Kier alpha value is -1.16. The molecule has 21 heavy (non-hydrogen) atoms. The standard InChI is InChI=1S/C17H28N4/c1-13-10-18-14(2)17(20-13)19-11-15-8-9-21(12-15)16-6-4-3-5-7-16/h10,15-16H,3-9,11-12H2,1-2H3,(H,19,20)/t15-/m0/s1. The van der Waals surface area contributed by atoms with Crippen molar-refractivity contribution >= 4 is 5.82 Å². The predicted octanol–water partition coefficient (Wildman–Crippen LogP) is 3.16. The summed E-state index contributed by atoms with van der Waals surface area (Å²) in [5, 5.41) is 3.52. The van der Waals surface area contributed by atoms with Crippen molar-refractivity contribution in [3.05, 3.63) is 17.6 Å². The first-order chi connectivity index (χ1) is 10.2. The Labute approximate surface area is 128 Å². The summed E-state index contributed by atoms with van der Waals surface area (Å²) in [5.41, 5.74) is 1.99. The summed E-state index contributed by atoms with van der Waals surface area (Å²) >= 11 is 0. The van der Waals surface area contributed by atoms with E-state index < -0.39 is 0 Å². The van der Waals surface area contributed by atoms with Crippen molar-refractivity contribution < 1.29 is 0 Å². The third kappa shape index (κ3) is 3.73. The molecule has 1 N–H and O–H groups in total. The highest BCUT2D eigenvalue weighted by Gasteiger charge is 2.28. The van der Waals surface area contributed by atoms with Crippen molar-refractivity contribution in [2.45, 2.75) is 58.4 Å². The molecule has 0 bridgehead atoms. The fraction of sp³-hybridized carbons (Fsp3) is 0.765. The molecule has 0 spiro atoms. The maximum absolute atomic E-state index is 4.56. The molecule has 116 valence electrons. The van der Waals surface area contributed by atoms with E-state index in [1.807, 2.05) is 20.0 Å². The Morgan fingerprint density at radius 2 is 2.00 bits per heavy atom. The van der Waals surface area contributed by atoms with Crippen molar-refractivity contribution in [2.24, 2.45) is 5.92 Å². The molecule has 1 aliphatic carbocycles. The summed E-state index contributed by atoms with van der Waals surface area (Å²) in [6, 6.07) is 0.865. The monoisotopic (exact) mass is 288 g/mol. The Morgan fingerprint density at radius 1 is 1.19 bits per heavy atom. The predicted molar refractivity (Wildman–Crippen MR) is 86.5 cm³/mol. The van der Waals surface area contributed by atoms with E-state index in [1.165, 1.54) is 51.6 Å². The van der Waals surface area contributed by atoms with E-state index in [1.54, 1.807) is 0 Å². The summed E-state index contributed by atoms with van der Waals surface area (Å²) in [6.45, 7) is 7.60. The molecule has 4 heteroatoms. The van der Waals surface area contributed by atoms with Gasteiger partial charge >= 0.3 is 0 Å². The fourth-order valence-electron chi connectivity index (χ4n) is 3.75. The first kappa shape index (κ1) is 14.8. The van der Waals surface area contributed by atoms with Gasteiger partial charge in [-0.1, -0.05) is 19.3 Å². The summed E-state index contributed by atoms with van der Waals surface area (Å²) in [5.74, 6) is 1.72. The number of rotatable bonds is 4. The first-order valence-electron chi connectivity index (χ1n) is 8.50. The lowest BCUT2D eigenvalue weighted by Crippen LogP contribution is -2.35. The van der Waals surface area contributed by atoms with Gasteiger partial charge in [0, 0.05) is 25.3 Å². The summed E-state index contributed by atoms with van der Waals surface area (Å²) in [6.07, 6.45) is 10.3. The highest BCUT2D eigenvalue weighted by atomic mass is 15.2. The van der Waals surface area contributed by atoms with Crippen LogP contribution in [0.2, 0.25) is 0 Å². The van der Waals surface area contributed by atoms with Gasteiger partial charge in [-0.15, -0.1) is 0 Å². The quantitative estimate of drug-likeness (QED) is 0.924. The molecule has 4 nitrogen and oxygen atoms in total. The number of aromatic nitrogens is 2. The second-order valence-electron chi connectivity index (χ2n) is 6.77. The molecule has 1 aromatic heterocycles. The summed E-state index contributed by atoms with van der Waals surface area (Å²) < 4.78 is 0. The van der Waals surface area contributed by atoms with Crippen LogP contribution in [-0.2, 0) is 0 Å². The maximum atomic E-state index is 4.56. The van der Waals surface area contributed by atoms with Gasteiger partial charge in [0.1, 0.15) is 5.82 Å². The van der Waals surface area contributed by atoms with Crippen LogP contribution < -0.4 is 5.32 Å². The molecule has 2 aliphatic rings. The largest absolute Gasteiger partial charge is 0.368 e. The van der Waals surface area contributed by atoms with Gasteiger partial charge in [-0.3, -0.25) is 4.98 Å².